The number of likely N-dealkylation sites (tertiary alicyclic amines) is 1. The number of benzene rings is 1. The number of hydrogen-bond acceptors (Lipinski definition) is 4. The first-order chi connectivity index (χ1) is 12.5. The number of nitrogens with one attached hydrogen (secondary N) is 1. The number of fused-ring (bicyclic) bond motifs is 1. The molecule has 8 heteroatoms. The number of aliphatic carboxylic acids is 1. The summed E-state index contributed by atoms with van der Waals surface area (Å²) in [7, 11) is 1.54. The van der Waals surface area contributed by atoms with Crippen LogP contribution < -0.4 is 10.1 Å². The van der Waals surface area contributed by atoms with Crippen molar-refractivity contribution in [1.82, 2.24) is 4.90 Å². The lowest BCUT2D eigenvalue weighted by atomic mass is 9.81. The van der Waals surface area contributed by atoms with Crippen LogP contribution in [0.25, 0.3) is 0 Å². The molecule has 2 fully saturated rings. The van der Waals surface area contributed by atoms with E-state index < -0.39 is 23.2 Å². The number of urea groups is 1. The zero-order chi connectivity index (χ0) is 18.7. The molecule has 1 aromatic rings. The van der Waals surface area contributed by atoms with Crippen LogP contribution in [-0.4, -0.2) is 55.4 Å². The Bertz CT molecular complexity index is 698. The molecule has 2 aliphatic rings. The number of ether oxygens (including phenoxy) is 2. The average Bonchev–Trinajstić information content (AvgIpc) is 3.15. The number of rotatable bonds is 6. The van der Waals surface area contributed by atoms with Crippen LogP contribution in [0.1, 0.15) is 19.3 Å². The fraction of sp³-hybridized carbons (Fsp3) is 0.556. The Balaban J connectivity index is 1.71. The maximum Gasteiger partial charge on any atom is 0.321 e. The van der Waals surface area contributed by atoms with Gasteiger partial charge in [-0.05, 0) is 30.9 Å². The third-order valence-electron chi connectivity index (χ3n) is 5.31. The van der Waals surface area contributed by atoms with Crippen molar-refractivity contribution in [2.75, 3.05) is 38.7 Å². The van der Waals surface area contributed by atoms with Crippen LogP contribution in [0, 0.1) is 17.2 Å². The van der Waals surface area contributed by atoms with Gasteiger partial charge in [0.1, 0.15) is 18.2 Å². The minimum Gasteiger partial charge on any atom is -0.489 e. The van der Waals surface area contributed by atoms with Crippen LogP contribution in [0.2, 0.25) is 0 Å². The van der Waals surface area contributed by atoms with E-state index in [1.807, 2.05) is 0 Å². The smallest absolute Gasteiger partial charge is 0.321 e. The molecular formula is C18H23FN2O5. The van der Waals surface area contributed by atoms with E-state index in [0.717, 1.165) is 12.8 Å². The summed E-state index contributed by atoms with van der Waals surface area (Å²) in [5, 5.41) is 12.3. The van der Waals surface area contributed by atoms with E-state index >= 15 is 0 Å². The zero-order valence-corrected chi connectivity index (χ0v) is 14.7. The Labute approximate surface area is 151 Å². The Morgan fingerprint density at radius 3 is 2.92 bits per heavy atom. The van der Waals surface area contributed by atoms with E-state index in [-0.39, 0.29) is 24.8 Å². The highest BCUT2D eigenvalue weighted by Crippen LogP contribution is 2.49. The Morgan fingerprint density at radius 2 is 2.23 bits per heavy atom. The Kier molecular flexibility index (Phi) is 5.31. The van der Waals surface area contributed by atoms with Gasteiger partial charge in [0.2, 0.25) is 0 Å². The maximum atomic E-state index is 13.6. The van der Waals surface area contributed by atoms with Crippen molar-refractivity contribution in [3.63, 3.8) is 0 Å². The lowest BCUT2D eigenvalue weighted by Gasteiger charge is -2.23. The van der Waals surface area contributed by atoms with Gasteiger partial charge in [-0.25, -0.2) is 9.18 Å². The van der Waals surface area contributed by atoms with Gasteiger partial charge >= 0.3 is 12.0 Å². The highest BCUT2D eigenvalue weighted by molar-refractivity contribution is 5.92. The number of carbonyl (C=O) groups is 2. The molecule has 0 unspecified atom stereocenters. The molecule has 1 saturated heterocycles. The van der Waals surface area contributed by atoms with Crippen molar-refractivity contribution in [2.24, 2.45) is 11.3 Å². The number of carbonyl (C=O) groups excluding carboxylic acids is 1. The van der Waals surface area contributed by atoms with Gasteiger partial charge in [0.05, 0.1) is 17.7 Å². The predicted octanol–water partition coefficient (Wildman–Crippen LogP) is 2.57. The third-order valence-corrected chi connectivity index (χ3v) is 5.31. The molecule has 0 aromatic heterocycles. The summed E-state index contributed by atoms with van der Waals surface area (Å²) in [6.45, 7) is 1.19. The molecule has 142 valence electrons. The molecule has 1 aliphatic heterocycles. The van der Waals surface area contributed by atoms with E-state index in [2.05, 4.69) is 5.32 Å². The van der Waals surface area contributed by atoms with Crippen molar-refractivity contribution in [1.29, 1.82) is 0 Å². The van der Waals surface area contributed by atoms with E-state index in [0.29, 0.717) is 25.3 Å². The van der Waals surface area contributed by atoms with Crippen LogP contribution in [0.4, 0.5) is 14.9 Å². The van der Waals surface area contributed by atoms with Crippen molar-refractivity contribution in [3.8, 4) is 5.75 Å². The van der Waals surface area contributed by atoms with Gasteiger partial charge in [-0.15, -0.1) is 0 Å². The predicted molar refractivity (Wildman–Crippen MR) is 91.8 cm³/mol. The minimum atomic E-state index is -0.850. The summed E-state index contributed by atoms with van der Waals surface area (Å²) in [6, 6.07) is 3.43. The van der Waals surface area contributed by atoms with Crippen molar-refractivity contribution in [2.45, 2.75) is 19.3 Å². The van der Waals surface area contributed by atoms with Crippen LogP contribution in [0.3, 0.4) is 0 Å². The van der Waals surface area contributed by atoms with E-state index in [4.69, 9.17) is 9.47 Å². The summed E-state index contributed by atoms with van der Waals surface area (Å²) in [5.41, 5.74) is -0.635. The number of amides is 2. The summed E-state index contributed by atoms with van der Waals surface area (Å²) < 4.78 is 24.0. The fourth-order valence-electron chi connectivity index (χ4n) is 3.95. The summed E-state index contributed by atoms with van der Waals surface area (Å²) in [4.78, 5) is 25.9. The fourth-order valence-corrected chi connectivity index (χ4v) is 3.95. The normalized spacial score (nSPS) is 24.4. The monoisotopic (exact) mass is 366 g/mol. The molecule has 1 aliphatic carbocycles. The van der Waals surface area contributed by atoms with Crippen LogP contribution in [0.5, 0.6) is 5.75 Å². The maximum absolute atomic E-state index is 13.6. The quantitative estimate of drug-likeness (QED) is 0.756. The third kappa shape index (κ3) is 3.46. The molecule has 7 nitrogen and oxygen atoms in total. The Morgan fingerprint density at radius 1 is 1.42 bits per heavy atom. The molecule has 1 saturated carbocycles. The molecule has 0 radical (unpaired) electrons. The van der Waals surface area contributed by atoms with E-state index in [1.165, 1.54) is 23.1 Å². The number of methoxy groups -OCH3 is 1. The summed E-state index contributed by atoms with van der Waals surface area (Å²) >= 11 is 0. The molecule has 2 N–H and O–H groups in total. The van der Waals surface area contributed by atoms with Crippen LogP contribution in [0.15, 0.2) is 18.2 Å². The number of carboxylic acids is 1. The molecule has 1 heterocycles. The lowest BCUT2D eigenvalue weighted by Crippen LogP contribution is -2.38. The first kappa shape index (κ1) is 18.4. The van der Waals surface area contributed by atoms with Crippen molar-refractivity contribution >= 4 is 17.7 Å². The van der Waals surface area contributed by atoms with Crippen molar-refractivity contribution in [3.05, 3.63) is 24.0 Å². The molecule has 0 spiro atoms. The molecule has 0 bridgehead atoms. The van der Waals surface area contributed by atoms with Gasteiger partial charge in [-0.2, -0.15) is 0 Å². The summed E-state index contributed by atoms with van der Waals surface area (Å²) in [5.74, 6) is -1.04. The first-order valence-corrected chi connectivity index (χ1v) is 8.67. The highest BCUT2D eigenvalue weighted by atomic mass is 19.1. The largest absolute Gasteiger partial charge is 0.489 e. The number of anilines is 1. The van der Waals surface area contributed by atoms with Gasteiger partial charge < -0.3 is 24.8 Å². The standard InChI is InChI=1S/C18H23FN2O5/c1-25-7-8-26-15-5-4-13(19)9-14(15)20-17(24)21-10-12-3-2-6-18(12,11-21)16(22)23/h4-5,9,12H,2-3,6-8,10-11H2,1H3,(H,20,24)(H,22,23)/t12-,18+/m0/s1. The average molecular weight is 366 g/mol. The SMILES string of the molecule is COCCOc1ccc(F)cc1NC(=O)N1C[C@@H]2CCC[C@@]2(C(=O)O)C1. The molecule has 2 atom stereocenters. The van der Waals surface area contributed by atoms with E-state index in [1.54, 1.807) is 7.11 Å². The van der Waals surface area contributed by atoms with Crippen molar-refractivity contribution < 1.29 is 28.6 Å². The topological polar surface area (TPSA) is 88.1 Å². The van der Waals surface area contributed by atoms with Gasteiger partial charge in [0.25, 0.3) is 0 Å². The first-order valence-electron chi connectivity index (χ1n) is 8.67. The van der Waals surface area contributed by atoms with Crippen LogP contribution >= 0.6 is 0 Å². The van der Waals surface area contributed by atoms with Gasteiger partial charge in [0, 0.05) is 26.3 Å². The molecular weight excluding hydrogens is 343 g/mol. The number of halogens is 1. The summed E-state index contributed by atoms with van der Waals surface area (Å²) in [6.07, 6.45) is 2.26. The second kappa shape index (κ2) is 7.49. The van der Waals surface area contributed by atoms with Gasteiger partial charge in [-0.1, -0.05) is 6.42 Å². The zero-order valence-electron chi connectivity index (χ0n) is 14.7. The molecule has 1 aromatic carbocycles. The lowest BCUT2D eigenvalue weighted by molar-refractivity contribution is -0.149. The number of nitrogens with zero attached hydrogens (tertiary/aromatic N) is 1. The van der Waals surface area contributed by atoms with Gasteiger partial charge in [0.15, 0.2) is 0 Å². The molecule has 2 amide bonds. The molecule has 3 rings (SSSR count). The number of carboxylic acid groups (broad SMARTS) is 1. The van der Waals surface area contributed by atoms with E-state index in [9.17, 15) is 19.1 Å². The van der Waals surface area contributed by atoms with Gasteiger partial charge in [-0.3, -0.25) is 4.79 Å². The Hall–Kier alpha value is -2.35. The highest BCUT2D eigenvalue weighted by Gasteiger charge is 2.55. The second-order valence-electron chi connectivity index (χ2n) is 6.84. The second-order valence-corrected chi connectivity index (χ2v) is 6.84. The minimum absolute atomic E-state index is 0.0318. The van der Waals surface area contributed by atoms with Crippen LogP contribution in [-0.2, 0) is 9.53 Å². The molecule has 26 heavy (non-hydrogen) atoms. The number of hydrogen-bond donors (Lipinski definition) is 2.